The van der Waals surface area contributed by atoms with Crippen LogP contribution in [-0.4, -0.2) is 32.6 Å². The fraction of sp³-hybridized carbons (Fsp3) is 0.462. The van der Waals surface area contributed by atoms with Gasteiger partial charge in [-0.05, 0) is 33.3 Å². The summed E-state index contributed by atoms with van der Waals surface area (Å²) in [5.74, 6) is 0.543. The molecule has 0 aliphatic heterocycles. The van der Waals surface area contributed by atoms with Crippen molar-refractivity contribution in [2.75, 3.05) is 17.2 Å². The van der Waals surface area contributed by atoms with Gasteiger partial charge in [-0.3, -0.25) is 4.79 Å². The van der Waals surface area contributed by atoms with Gasteiger partial charge in [-0.15, -0.1) is 10.2 Å². The van der Waals surface area contributed by atoms with Crippen molar-refractivity contribution in [1.29, 1.82) is 0 Å². The quantitative estimate of drug-likeness (QED) is 0.794. The molecule has 0 atom stereocenters. The molecule has 7 nitrogen and oxygen atoms in total. The topological polar surface area (TPSA) is 92.7 Å². The van der Waals surface area contributed by atoms with Crippen LogP contribution in [0, 0.1) is 20.8 Å². The molecule has 8 heteroatoms. The highest BCUT2D eigenvalue weighted by Crippen LogP contribution is 2.13. The van der Waals surface area contributed by atoms with Crippen LogP contribution < -0.4 is 10.6 Å². The van der Waals surface area contributed by atoms with Crippen molar-refractivity contribution in [3.05, 3.63) is 22.5 Å². The average molecular weight is 306 g/mol. The molecule has 2 heterocycles. The van der Waals surface area contributed by atoms with Gasteiger partial charge in [0.1, 0.15) is 5.01 Å². The number of carbonyl (C=O) groups is 1. The van der Waals surface area contributed by atoms with Crippen LogP contribution in [0.1, 0.15) is 29.2 Å². The molecule has 0 bridgehead atoms. The number of hydrogen-bond donors (Lipinski definition) is 2. The predicted molar refractivity (Wildman–Crippen MR) is 82.5 cm³/mol. The number of anilines is 2. The molecule has 0 radical (unpaired) electrons. The molecular weight excluding hydrogens is 288 g/mol. The number of aromatic nitrogens is 4. The minimum atomic E-state index is -0.0608. The first-order valence-corrected chi connectivity index (χ1v) is 7.50. The zero-order chi connectivity index (χ0) is 15.2. The number of rotatable bonds is 6. The third kappa shape index (κ3) is 5.07. The van der Waals surface area contributed by atoms with Crippen LogP contribution >= 0.6 is 11.3 Å². The number of carbonyl (C=O) groups excluding carboxylic acids is 1. The molecule has 1 amide bonds. The molecule has 21 heavy (non-hydrogen) atoms. The first-order chi connectivity index (χ1) is 10.0. The van der Waals surface area contributed by atoms with Gasteiger partial charge in [0, 0.05) is 24.4 Å². The summed E-state index contributed by atoms with van der Waals surface area (Å²) in [4.78, 5) is 20.3. The average Bonchev–Trinajstić information content (AvgIpc) is 2.79. The molecule has 0 spiro atoms. The van der Waals surface area contributed by atoms with E-state index < -0.39 is 0 Å². The van der Waals surface area contributed by atoms with Crippen molar-refractivity contribution in [3.8, 4) is 0 Å². The Morgan fingerprint density at radius 2 is 1.90 bits per heavy atom. The second-order valence-corrected chi connectivity index (χ2v) is 5.86. The Morgan fingerprint density at radius 3 is 2.52 bits per heavy atom. The largest absolute Gasteiger partial charge is 0.354 e. The third-order valence-corrected chi connectivity index (χ3v) is 3.37. The Labute approximate surface area is 127 Å². The number of aryl methyl sites for hydroxylation is 3. The molecule has 0 unspecified atom stereocenters. The van der Waals surface area contributed by atoms with Crippen LogP contribution in [0.25, 0.3) is 0 Å². The summed E-state index contributed by atoms with van der Waals surface area (Å²) in [6.07, 6.45) is 1.11. The van der Waals surface area contributed by atoms with E-state index >= 15 is 0 Å². The highest BCUT2D eigenvalue weighted by molar-refractivity contribution is 7.15. The lowest BCUT2D eigenvalue weighted by Gasteiger charge is -2.06. The van der Waals surface area contributed by atoms with Crippen molar-refractivity contribution in [1.82, 2.24) is 20.2 Å². The van der Waals surface area contributed by atoms with Gasteiger partial charge in [0.15, 0.2) is 0 Å². The highest BCUT2D eigenvalue weighted by atomic mass is 32.1. The number of nitrogens with zero attached hydrogens (tertiary/aromatic N) is 4. The van der Waals surface area contributed by atoms with E-state index in [-0.39, 0.29) is 5.91 Å². The third-order valence-electron chi connectivity index (χ3n) is 2.62. The van der Waals surface area contributed by atoms with Crippen molar-refractivity contribution >= 4 is 28.3 Å². The van der Waals surface area contributed by atoms with Gasteiger partial charge in [0.05, 0.1) is 0 Å². The summed E-state index contributed by atoms with van der Waals surface area (Å²) < 4.78 is 0. The summed E-state index contributed by atoms with van der Waals surface area (Å²) in [6, 6.07) is 1.92. The Balaban J connectivity index is 1.70. The van der Waals surface area contributed by atoms with Crippen LogP contribution in [0.3, 0.4) is 0 Å². The molecule has 0 aromatic carbocycles. The van der Waals surface area contributed by atoms with E-state index in [9.17, 15) is 4.79 Å². The molecule has 2 N–H and O–H groups in total. The minimum Gasteiger partial charge on any atom is -0.354 e. The van der Waals surface area contributed by atoms with Gasteiger partial charge in [0.25, 0.3) is 0 Å². The maximum absolute atomic E-state index is 11.7. The maximum Gasteiger partial charge on any atom is 0.226 e. The number of amides is 1. The van der Waals surface area contributed by atoms with Gasteiger partial charge in [-0.1, -0.05) is 11.3 Å². The molecular formula is C13H18N6OS. The molecule has 0 fully saturated rings. The highest BCUT2D eigenvalue weighted by Gasteiger charge is 2.06. The van der Waals surface area contributed by atoms with E-state index in [1.807, 2.05) is 26.8 Å². The van der Waals surface area contributed by atoms with Gasteiger partial charge >= 0.3 is 0 Å². The second kappa shape index (κ2) is 7.07. The first-order valence-electron chi connectivity index (χ1n) is 6.69. The molecule has 0 aliphatic carbocycles. The van der Waals surface area contributed by atoms with Gasteiger partial charge in [-0.2, -0.15) is 0 Å². The lowest BCUT2D eigenvalue weighted by atomic mass is 10.3. The Bertz CT molecular complexity index is 607. The van der Waals surface area contributed by atoms with Crippen molar-refractivity contribution in [2.45, 2.75) is 33.6 Å². The van der Waals surface area contributed by atoms with E-state index in [2.05, 4.69) is 30.8 Å². The van der Waals surface area contributed by atoms with E-state index in [0.29, 0.717) is 30.5 Å². The maximum atomic E-state index is 11.7. The van der Waals surface area contributed by atoms with Gasteiger partial charge < -0.3 is 10.6 Å². The fourth-order valence-corrected chi connectivity index (χ4v) is 2.39. The lowest BCUT2D eigenvalue weighted by molar-refractivity contribution is -0.116. The van der Waals surface area contributed by atoms with Gasteiger partial charge in [0.2, 0.25) is 17.0 Å². The van der Waals surface area contributed by atoms with Crippen molar-refractivity contribution < 1.29 is 4.79 Å². The Kier molecular flexibility index (Phi) is 5.15. The smallest absolute Gasteiger partial charge is 0.226 e. The summed E-state index contributed by atoms with van der Waals surface area (Å²) >= 11 is 1.37. The van der Waals surface area contributed by atoms with E-state index in [0.717, 1.165) is 16.4 Å². The van der Waals surface area contributed by atoms with Crippen molar-refractivity contribution in [2.24, 2.45) is 0 Å². The molecule has 2 aromatic heterocycles. The minimum absolute atomic E-state index is 0.0608. The summed E-state index contributed by atoms with van der Waals surface area (Å²) in [5, 5.41) is 14.9. The fourth-order valence-electron chi connectivity index (χ4n) is 1.78. The molecule has 0 aliphatic rings. The number of hydrogen-bond acceptors (Lipinski definition) is 7. The van der Waals surface area contributed by atoms with Crippen LogP contribution in [0.2, 0.25) is 0 Å². The van der Waals surface area contributed by atoms with Crippen LogP contribution in [0.15, 0.2) is 6.07 Å². The zero-order valence-corrected chi connectivity index (χ0v) is 13.1. The van der Waals surface area contributed by atoms with Crippen molar-refractivity contribution in [3.63, 3.8) is 0 Å². The Hall–Kier alpha value is -2.09. The van der Waals surface area contributed by atoms with Crippen LogP contribution in [-0.2, 0) is 4.79 Å². The number of nitrogens with one attached hydrogen (secondary N) is 2. The van der Waals surface area contributed by atoms with Gasteiger partial charge in [-0.25, -0.2) is 9.97 Å². The molecule has 0 saturated heterocycles. The summed E-state index contributed by atoms with van der Waals surface area (Å²) in [5.41, 5.74) is 1.85. The van der Waals surface area contributed by atoms with Crippen LogP contribution in [0.5, 0.6) is 0 Å². The monoisotopic (exact) mass is 306 g/mol. The Morgan fingerprint density at radius 1 is 1.19 bits per heavy atom. The molecule has 2 rings (SSSR count). The first kappa shape index (κ1) is 15.3. The standard InChI is InChI=1S/C13H18N6OS/c1-8-7-9(2)16-12(15-8)14-6-4-5-11(20)17-13-19-18-10(3)21-13/h7H,4-6H2,1-3H3,(H,14,15,16)(H,17,19,20). The van der Waals surface area contributed by atoms with E-state index in [4.69, 9.17) is 0 Å². The van der Waals surface area contributed by atoms with E-state index in [1.54, 1.807) is 0 Å². The second-order valence-electron chi connectivity index (χ2n) is 4.68. The zero-order valence-electron chi connectivity index (χ0n) is 12.3. The molecule has 112 valence electrons. The normalized spacial score (nSPS) is 10.4. The summed E-state index contributed by atoms with van der Waals surface area (Å²) in [7, 11) is 0. The molecule has 0 saturated carbocycles. The van der Waals surface area contributed by atoms with Crippen LogP contribution in [0.4, 0.5) is 11.1 Å². The molecule has 2 aromatic rings. The lowest BCUT2D eigenvalue weighted by Crippen LogP contribution is -2.14. The summed E-state index contributed by atoms with van der Waals surface area (Å²) in [6.45, 7) is 6.35. The SMILES string of the molecule is Cc1cc(C)nc(NCCCC(=O)Nc2nnc(C)s2)n1. The van der Waals surface area contributed by atoms with E-state index in [1.165, 1.54) is 11.3 Å². The predicted octanol–water partition coefficient (Wildman–Crippen LogP) is 2.08.